The zero-order valence-corrected chi connectivity index (χ0v) is 14.5. The first kappa shape index (κ1) is 18.4. The number of carbonyl (C=O) groups excluding carboxylic acids is 2. The summed E-state index contributed by atoms with van der Waals surface area (Å²) in [5.74, 6) is -1.10. The van der Waals surface area contributed by atoms with Gasteiger partial charge in [-0.2, -0.15) is 20.2 Å². The van der Waals surface area contributed by atoms with E-state index in [9.17, 15) is 18.0 Å². The fourth-order valence-electron chi connectivity index (χ4n) is 1.62. The maximum atomic E-state index is 12.3. The molecule has 1 heterocycles. The Morgan fingerprint density at radius 1 is 1.41 bits per heavy atom. The van der Waals surface area contributed by atoms with Crippen molar-refractivity contribution in [3.63, 3.8) is 0 Å². The molecule has 1 atom stereocenters. The van der Waals surface area contributed by atoms with E-state index in [-0.39, 0.29) is 5.56 Å². The van der Waals surface area contributed by atoms with Crippen LogP contribution >= 0.6 is 11.8 Å². The molecule has 0 bridgehead atoms. The van der Waals surface area contributed by atoms with Crippen LogP contribution < -0.4 is 4.72 Å². The van der Waals surface area contributed by atoms with Crippen LogP contribution in [0.15, 0.2) is 23.4 Å². The van der Waals surface area contributed by atoms with Crippen LogP contribution in [0.4, 0.5) is 0 Å². The Morgan fingerprint density at radius 2 is 2.05 bits per heavy atom. The Kier molecular flexibility index (Phi) is 6.36. The molecule has 1 rings (SSSR count). The highest BCUT2D eigenvalue weighted by Crippen LogP contribution is 2.15. The van der Waals surface area contributed by atoms with Gasteiger partial charge in [-0.1, -0.05) is 6.92 Å². The van der Waals surface area contributed by atoms with Gasteiger partial charge in [-0.25, -0.2) is 9.71 Å². The molecular weight excluding hydrogens is 326 g/mol. The number of hydrogen-bond donors (Lipinski definition) is 1. The Balaban J connectivity index is 3.14. The molecule has 0 aliphatic heterocycles. The van der Waals surface area contributed by atoms with Gasteiger partial charge in [0.1, 0.15) is 0 Å². The standard InChI is InChI=1S/C13H19N3O4S2/c1-9(8-21-4)11(17)15-22(19,20)12-10(6-5-7-14-12)13(18)16(2)3/h5-7,9H,8H2,1-4H3,(H,15,17). The van der Waals surface area contributed by atoms with Crippen LogP contribution in [-0.4, -0.2) is 56.2 Å². The molecule has 0 aliphatic rings. The molecule has 0 radical (unpaired) electrons. The van der Waals surface area contributed by atoms with Gasteiger partial charge in [0.25, 0.3) is 15.9 Å². The fourth-order valence-corrected chi connectivity index (χ4v) is 3.47. The van der Waals surface area contributed by atoms with Crippen molar-refractivity contribution in [3.05, 3.63) is 23.9 Å². The number of sulfonamides is 1. The predicted octanol–water partition coefficient (Wildman–Crippen LogP) is 0.587. The summed E-state index contributed by atoms with van der Waals surface area (Å²) in [5.41, 5.74) is -0.0784. The second kappa shape index (κ2) is 7.59. The van der Waals surface area contributed by atoms with Crippen molar-refractivity contribution in [2.45, 2.75) is 11.9 Å². The van der Waals surface area contributed by atoms with Crippen molar-refractivity contribution < 1.29 is 18.0 Å². The molecule has 1 unspecified atom stereocenters. The van der Waals surface area contributed by atoms with Crippen LogP contribution in [0.3, 0.4) is 0 Å². The first-order valence-electron chi connectivity index (χ1n) is 6.43. The number of pyridine rings is 1. The molecule has 0 aromatic carbocycles. The van der Waals surface area contributed by atoms with Gasteiger partial charge in [0.2, 0.25) is 5.91 Å². The molecule has 22 heavy (non-hydrogen) atoms. The second-order valence-corrected chi connectivity index (χ2v) is 7.39. The highest BCUT2D eigenvalue weighted by Gasteiger charge is 2.28. The largest absolute Gasteiger partial charge is 0.345 e. The summed E-state index contributed by atoms with van der Waals surface area (Å²) in [6.45, 7) is 1.63. The molecule has 0 spiro atoms. The van der Waals surface area contributed by atoms with Crippen LogP contribution in [0, 0.1) is 5.92 Å². The molecule has 0 aliphatic carbocycles. The lowest BCUT2D eigenvalue weighted by molar-refractivity contribution is -0.122. The Hall–Kier alpha value is -1.61. The molecule has 0 fully saturated rings. The summed E-state index contributed by atoms with van der Waals surface area (Å²) in [6, 6.07) is 2.83. The average Bonchev–Trinajstić information content (AvgIpc) is 2.46. The van der Waals surface area contributed by atoms with E-state index in [0.29, 0.717) is 5.75 Å². The summed E-state index contributed by atoms with van der Waals surface area (Å²) in [5, 5.41) is -0.446. The average molecular weight is 345 g/mol. The summed E-state index contributed by atoms with van der Waals surface area (Å²) in [7, 11) is -1.19. The van der Waals surface area contributed by atoms with Crippen LogP contribution in [0.1, 0.15) is 17.3 Å². The molecular formula is C13H19N3O4S2. The third-order valence-electron chi connectivity index (χ3n) is 2.76. The Morgan fingerprint density at radius 3 is 2.59 bits per heavy atom. The van der Waals surface area contributed by atoms with Gasteiger partial charge in [-0.05, 0) is 18.4 Å². The van der Waals surface area contributed by atoms with E-state index in [0.717, 1.165) is 0 Å². The molecule has 122 valence electrons. The second-order valence-electron chi connectivity index (χ2n) is 4.88. The lowest BCUT2D eigenvalue weighted by Gasteiger charge is -2.15. The van der Waals surface area contributed by atoms with Gasteiger partial charge in [-0.3, -0.25) is 9.59 Å². The van der Waals surface area contributed by atoms with Crippen molar-refractivity contribution in [3.8, 4) is 0 Å². The zero-order valence-electron chi connectivity index (χ0n) is 12.9. The maximum Gasteiger partial charge on any atom is 0.282 e. The minimum Gasteiger partial charge on any atom is -0.345 e. The molecule has 2 amide bonds. The molecule has 9 heteroatoms. The fraction of sp³-hybridized carbons (Fsp3) is 0.462. The van der Waals surface area contributed by atoms with E-state index < -0.39 is 32.8 Å². The number of hydrogen-bond acceptors (Lipinski definition) is 6. The van der Waals surface area contributed by atoms with E-state index in [1.807, 2.05) is 11.0 Å². The van der Waals surface area contributed by atoms with E-state index >= 15 is 0 Å². The van der Waals surface area contributed by atoms with Gasteiger partial charge in [0.15, 0.2) is 5.03 Å². The van der Waals surface area contributed by atoms with Crippen molar-refractivity contribution in [2.24, 2.45) is 5.92 Å². The minimum absolute atomic E-state index is 0.0784. The lowest BCUT2D eigenvalue weighted by atomic mass is 10.2. The summed E-state index contributed by atoms with van der Waals surface area (Å²) >= 11 is 1.44. The van der Waals surface area contributed by atoms with Crippen molar-refractivity contribution in [2.75, 3.05) is 26.1 Å². The van der Waals surface area contributed by atoms with E-state index in [1.165, 1.54) is 49.1 Å². The van der Waals surface area contributed by atoms with Gasteiger partial charge in [-0.15, -0.1) is 0 Å². The van der Waals surface area contributed by atoms with Crippen molar-refractivity contribution >= 4 is 33.6 Å². The molecule has 0 saturated carbocycles. The SMILES string of the molecule is CSCC(C)C(=O)NS(=O)(=O)c1ncccc1C(=O)N(C)C. The lowest BCUT2D eigenvalue weighted by Crippen LogP contribution is -2.37. The van der Waals surface area contributed by atoms with Crippen molar-refractivity contribution in [1.82, 2.24) is 14.6 Å². The number of nitrogens with zero attached hydrogens (tertiary/aromatic N) is 2. The number of rotatable bonds is 6. The van der Waals surface area contributed by atoms with Crippen molar-refractivity contribution in [1.29, 1.82) is 0 Å². The molecule has 7 nitrogen and oxygen atoms in total. The molecule has 1 aromatic heterocycles. The number of carbonyl (C=O) groups is 2. The van der Waals surface area contributed by atoms with Gasteiger partial charge < -0.3 is 4.90 Å². The molecule has 0 saturated heterocycles. The first-order valence-corrected chi connectivity index (χ1v) is 9.30. The van der Waals surface area contributed by atoms with E-state index in [1.54, 1.807) is 6.92 Å². The normalized spacial score (nSPS) is 12.5. The summed E-state index contributed by atoms with van der Waals surface area (Å²) in [6.07, 6.45) is 3.09. The van der Waals surface area contributed by atoms with E-state index in [4.69, 9.17) is 0 Å². The van der Waals surface area contributed by atoms with Crippen LogP contribution in [0.2, 0.25) is 0 Å². The van der Waals surface area contributed by atoms with Crippen LogP contribution in [0.25, 0.3) is 0 Å². The van der Waals surface area contributed by atoms with Gasteiger partial charge in [0, 0.05) is 32.0 Å². The Labute approximate surface area is 134 Å². The first-order chi connectivity index (χ1) is 10.2. The van der Waals surface area contributed by atoms with Gasteiger partial charge >= 0.3 is 0 Å². The van der Waals surface area contributed by atoms with Crippen LogP contribution in [0.5, 0.6) is 0 Å². The highest BCUT2D eigenvalue weighted by molar-refractivity contribution is 7.98. The van der Waals surface area contributed by atoms with E-state index in [2.05, 4.69) is 4.98 Å². The quantitative estimate of drug-likeness (QED) is 0.810. The maximum absolute atomic E-state index is 12.3. The van der Waals surface area contributed by atoms with Crippen LogP contribution in [-0.2, 0) is 14.8 Å². The zero-order chi connectivity index (χ0) is 16.9. The number of thioether (sulfide) groups is 1. The number of nitrogens with one attached hydrogen (secondary N) is 1. The Bertz CT molecular complexity index is 659. The number of aromatic nitrogens is 1. The smallest absolute Gasteiger partial charge is 0.282 e. The number of amides is 2. The highest BCUT2D eigenvalue weighted by atomic mass is 32.2. The van der Waals surface area contributed by atoms with Gasteiger partial charge in [0.05, 0.1) is 5.56 Å². The third-order valence-corrected chi connectivity index (χ3v) is 4.90. The topological polar surface area (TPSA) is 96.4 Å². The molecule has 1 N–H and O–H groups in total. The predicted molar refractivity (Wildman–Crippen MR) is 85.1 cm³/mol. The monoisotopic (exact) mass is 345 g/mol. The summed E-state index contributed by atoms with van der Waals surface area (Å²) in [4.78, 5) is 29.0. The third kappa shape index (κ3) is 4.44. The molecule has 1 aromatic rings. The summed E-state index contributed by atoms with van der Waals surface area (Å²) < 4.78 is 26.6. The minimum atomic E-state index is -4.20.